The van der Waals surface area contributed by atoms with E-state index in [1.807, 2.05) is 0 Å². The normalized spacial score (nSPS) is 13.9. The molecule has 15 heteroatoms. The Kier molecular flexibility index (Phi) is 22.3. The average molecular weight is 770 g/mol. The maximum atomic E-state index is 13.5. The minimum absolute atomic E-state index is 0.0657. The van der Waals surface area contributed by atoms with Crippen LogP contribution in [0.5, 0.6) is 0 Å². The van der Waals surface area contributed by atoms with Gasteiger partial charge in [0, 0.05) is 43.0 Å². The second kappa shape index (κ2) is 26.3. The Morgan fingerprint density at radius 3 is 1.45 bits per heavy atom. The number of aromatic amines is 2. The fourth-order valence-electron chi connectivity index (χ4n) is 6.09. The average Bonchev–Trinajstić information content (AvgIpc) is 3.86. The van der Waals surface area contributed by atoms with E-state index in [1.54, 1.807) is 27.0 Å². The van der Waals surface area contributed by atoms with Crippen molar-refractivity contribution >= 4 is 35.3 Å². The third-order valence-electron chi connectivity index (χ3n) is 9.72. The van der Waals surface area contributed by atoms with Gasteiger partial charge in [0.15, 0.2) is 5.78 Å². The summed E-state index contributed by atoms with van der Waals surface area (Å²) in [5.41, 5.74) is 1.22. The van der Waals surface area contributed by atoms with E-state index in [-0.39, 0.29) is 24.5 Å². The van der Waals surface area contributed by atoms with E-state index < -0.39 is 59.8 Å². The summed E-state index contributed by atoms with van der Waals surface area (Å²) < 4.78 is 0. The molecule has 5 atom stereocenters. The van der Waals surface area contributed by atoms with Crippen LogP contribution in [0.1, 0.15) is 143 Å². The fraction of sp³-hybridized carbons (Fsp3) is 0.700. The largest absolute Gasteiger partial charge is 0.348 e. The van der Waals surface area contributed by atoms with Gasteiger partial charge in [-0.15, -0.1) is 0 Å². The lowest BCUT2D eigenvalue weighted by atomic mass is 10.0. The number of carbonyl (C=O) groups excluding carboxylic acids is 6. The van der Waals surface area contributed by atoms with Crippen molar-refractivity contribution in [1.29, 1.82) is 0 Å². The maximum absolute atomic E-state index is 13.5. The molecule has 55 heavy (non-hydrogen) atoms. The number of aromatic nitrogens is 4. The van der Waals surface area contributed by atoms with E-state index in [0.717, 1.165) is 25.7 Å². The van der Waals surface area contributed by atoms with Crippen LogP contribution in [0.2, 0.25) is 0 Å². The molecule has 0 saturated carbocycles. The van der Waals surface area contributed by atoms with Gasteiger partial charge in [-0.3, -0.25) is 28.8 Å². The molecule has 2 rings (SSSR count). The number of carbonyl (C=O) groups is 6. The smallest absolute Gasteiger partial charge is 0.243 e. The Bertz CT molecular complexity index is 1430. The minimum Gasteiger partial charge on any atom is -0.348 e. The summed E-state index contributed by atoms with van der Waals surface area (Å²) in [6.07, 6.45) is 22.1. The zero-order valence-corrected chi connectivity index (χ0v) is 33.9. The zero-order chi connectivity index (χ0) is 40.6. The number of unbranched alkanes of at least 4 members (excludes halogenated alkanes) is 12. The predicted molar refractivity (Wildman–Crippen MR) is 211 cm³/mol. The molecule has 0 bridgehead atoms. The van der Waals surface area contributed by atoms with Crippen LogP contribution in [0.3, 0.4) is 0 Å². The van der Waals surface area contributed by atoms with Gasteiger partial charge in [0.2, 0.25) is 29.5 Å². The van der Waals surface area contributed by atoms with Crippen molar-refractivity contribution in [2.75, 3.05) is 0 Å². The van der Waals surface area contributed by atoms with Gasteiger partial charge in [-0.2, -0.15) is 0 Å². The van der Waals surface area contributed by atoms with Gasteiger partial charge >= 0.3 is 0 Å². The summed E-state index contributed by atoms with van der Waals surface area (Å²) in [4.78, 5) is 92.0. The molecule has 2 heterocycles. The van der Waals surface area contributed by atoms with Crippen LogP contribution < -0.4 is 26.6 Å². The van der Waals surface area contributed by atoms with Crippen LogP contribution in [-0.2, 0) is 41.6 Å². The van der Waals surface area contributed by atoms with Gasteiger partial charge in [0.05, 0.1) is 18.7 Å². The third-order valence-corrected chi connectivity index (χ3v) is 9.72. The number of amides is 5. The Morgan fingerprint density at radius 2 is 1.02 bits per heavy atom. The molecule has 0 aliphatic heterocycles. The number of nitrogens with zero attached hydrogens (tertiary/aromatic N) is 2. The standard InChI is InChI=1S/C40H67N9O6/c1-7-8-9-10-11-12-13-14-15-16-17-18-19-20-35(51)47-33(21-31-23-41-25-43-31)38(53)46-29(5)37(52)49-36(27(2)3)40(55)48-34(22-32-24-42-26-44-32)39(54)45-28(4)30(6)50/h23-29,33-34,36H,7-22H2,1-6H3,(H,41,43)(H,42,44)(H,45,54)(H,46,53)(H,47,51)(H,48,55)(H,49,52)/t28-,29+,33+,34+,36+/m1/s1. The van der Waals surface area contributed by atoms with Crippen LogP contribution in [-0.4, -0.2) is 85.5 Å². The summed E-state index contributed by atoms with van der Waals surface area (Å²) in [7, 11) is 0. The van der Waals surface area contributed by atoms with Crippen molar-refractivity contribution in [2.45, 2.75) is 174 Å². The molecular formula is C40H67N9O6. The van der Waals surface area contributed by atoms with Gasteiger partial charge in [0.25, 0.3) is 0 Å². The summed E-state index contributed by atoms with van der Waals surface area (Å²) >= 11 is 0. The molecule has 0 saturated heterocycles. The lowest BCUT2D eigenvalue weighted by molar-refractivity contribution is -0.135. The Labute approximate surface area is 326 Å². The summed E-state index contributed by atoms with van der Waals surface area (Å²) in [6, 6.07) is -4.93. The van der Waals surface area contributed by atoms with Crippen LogP contribution in [0.15, 0.2) is 25.0 Å². The first-order valence-electron chi connectivity index (χ1n) is 20.3. The van der Waals surface area contributed by atoms with Crippen molar-refractivity contribution < 1.29 is 28.8 Å². The topological polar surface area (TPSA) is 220 Å². The molecule has 2 aromatic rings. The van der Waals surface area contributed by atoms with Crippen molar-refractivity contribution in [3.05, 3.63) is 36.4 Å². The Balaban J connectivity index is 1.91. The van der Waals surface area contributed by atoms with Gasteiger partial charge < -0.3 is 36.6 Å². The first kappa shape index (κ1) is 46.6. The van der Waals surface area contributed by atoms with E-state index in [1.165, 1.54) is 90.5 Å². The van der Waals surface area contributed by atoms with E-state index >= 15 is 0 Å². The Hall–Kier alpha value is -4.56. The quantitative estimate of drug-likeness (QED) is 0.0596. The highest BCUT2D eigenvalue weighted by Crippen LogP contribution is 2.13. The first-order valence-corrected chi connectivity index (χ1v) is 20.3. The number of hydrogen-bond acceptors (Lipinski definition) is 8. The highest BCUT2D eigenvalue weighted by Gasteiger charge is 2.32. The van der Waals surface area contributed by atoms with Crippen molar-refractivity contribution in [3.8, 4) is 0 Å². The van der Waals surface area contributed by atoms with Crippen LogP contribution >= 0.6 is 0 Å². The highest BCUT2D eigenvalue weighted by molar-refractivity contribution is 5.96. The zero-order valence-electron chi connectivity index (χ0n) is 33.9. The van der Waals surface area contributed by atoms with E-state index in [0.29, 0.717) is 17.8 Å². The lowest BCUT2D eigenvalue weighted by Gasteiger charge is -2.27. The summed E-state index contributed by atoms with van der Waals surface area (Å²) in [5.74, 6) is -3.25. The second-order valence-corrected chi connectivity index (χ2v) is 15.0. The molecule has 2 aromatic heterocycles. The molecule has 308 valence electrons. The Morgan fingerprint density at radius 1 is 0.564 bits per heavy atom. The molecule has 0 spiro atoms. The fourth-order valence-corrected chi connectivity index (χ4v) is 6.09. The molecule has 0 aliphatic rings. The maximum Gasteiger partial charge on any atom is 0.243 e. The lowest BCUT2D eigenvalue weighted by Crippen LogP contribution is -2.59. The molecule has 5 amide bonds. The van der Waals surface area contributed by atoms with Gasteiger partial charge in [0.1, 0.15) is 24.2 Å². The second-order valence-electron chi connectivity index (χ2n) is 15.0. The van der Waals surface area contributed by atoms with Gasteiger partial charge in [-0.05, 0) is 33.1 Å². The van der Waals surface area contributed by atoms with Crippen LogP contribution in [0, 0.1) is 5.92 Å². The molecule has 0 aromatic carbocycles. The number of hydrogen-bond donors (Lipinski definition) is 7. The molecule has 0 fully saturated rings. The van der Waals surface area contributed by atoms with E-state index in [9.17, 15) is 28.8 Å². The highest BCUT2D eigenvalue weighted by atomic mass is 16.2. The number of imidazole rings is 2. The number of rotatable bonds is 29. The van der Waals surface area contributed by atoms with Gasteiger partial charge in [-0.25, -0.2) is 9.97 Å². The van der Waals surface area contributed by atoms with Crippen LogP contribution in [0.25, 0.3) is 0 Å². The third kappa shape index (κ3) is 19.0. The monoisotopic (exact) mass is 770 g/mol. The molecule has 15 nitrogen and oxygen atoms in total. The number of ketones is 1. The molecule has 0 aliphatic carbocycles. The number of H-pyrrole nitrogens is 2. The molecular weight excluding hydrogens is 702 g/mol. The number of nitrogens with one attached hydrogen (secondary N) is 7. The summed E-state index contributed by atoms with van der Waals surface area (Å²) in [6.45, 7) is 10.1. The predicted octanol–water partition coefficient (Wildman–Crippen LogP) is 4.11. The van der Waals surface area contributed by atoms with E-state index in [4.69, 9.17) is 0 Å². The number of Topliss-reactive ketones (excluding diaryl/α,β-unsaturated/α-hetero) is 1. The van der Waals surface area contributed by atoms with Crippen molar-refractivity contribution in [2.24, 2.45) is 5.92 Å². The molecule has 0 radical (unpaired) electrons. The van der Waals surface area contributed by atoms with Crippen LogP contribution in [0.4, 0.5) is 0 Å². The SMILES string of the molecule is CCCCCCCCCCCCCCCC(=O)N[C@@H](Cc1cnc[nH]1)C(=O)N[C@@H](C)C(=O)N[C@H](C(=O)N[C@@H](Cc1cnc[nH]1)C(=O)N[C@H](C)C(C)=O)C(C)C. The van der Waals surface area contributed by atoms with Gasteiger partial charge in [-0.1, -0.05) is 97.8 Å². The summed E-state index contributed by atoms with van der Waals surface area (Å²) in [5, 5.41) is 13.5. The van der Waals surface area contributed by atoms with Crippen molar-refractivity contribution in [1.82, 2.24) is 46.5 Å². The molecule has 0 unspecified atom stereocenters. The molecule has 7 N–H and O–H groups in total. The van der Waals surface area contributed by atoms with Crippen molar-refractivity contribution in [3.63, 3.8) is 0 Å². The van der Waals surface area contributed by atoms with E-state index in [2.05, 4.69) is 53.4 Å². The first-order chi connectivity index (χ1) is 26.3. The minimum atomic E-state index is -1.07.